The number of aryl methyl sites for hydroxylation is 1. The van der Waals surface area contributed by atoms with Crippen molar-refractivity contribution in [1.29, 1.82) is 0 Å². The van der Waals surface area contributed by atoms with Gasteiger partial charge in [0, 0.05) is 18.7 Å². The Morgan fingerprint density at radius 1 is 1.13 bits per heavy atom. The van der Waals surface area contributed by atoms with E-state index in [2.05, 4.69) is 5.16 Å². The maximum Gasteiger partial charge on any atom is 0.259 e. The van der Waals surface area contributed by atoms with Gasteiger partial charge < -0.3 is 9.42 Å². The largest absolute Gasteiger partial charge is 0.360 e. The fourth-order valence-electron chi connectivity index (χ4n) is 2.95. The number of rotatable bonds is 2. The Bertz CT molecular complexity index is 699. The molecule has 122 valence electrons. The molecule has 1 aromatic heterocycles. The Morgan fingerprint density at radius 2 is 1.74 bits per heavy atom. The lowest BCUT2D eigenvalue weighted by atomic mass is 10.0. The molecule has 0 atom stereocenters. The smallest absolute Gasteiger partial charge is 0.259 e. The van der Waals surface area contributed by atoms with Gasteiger partial charge in [-0.05, 0) is 31.9 Å². The second-order valence-electron chi connectivity index (χ2n) is 5.77. The van der Waals surface area contributed by atoms with Gasteiger partial charge in [0.15, 0.2) is 0 Å². The summed E-state index contributed by atoms with van der Waals surface area (Å²) in [5, 5.41) is 4.96. The van der Waals surface area contributed by atoms with Crippen molar-refractivity contribution in [1.82, 2.24) is 10.1 Å². The molecule has 1 fully saturated rings. The standard InChI is InChI=1S/C17H18Cl2N2O2/c1-11-14(17(22)21-9-4-2-3-5-10-21)16(20-23-11)15-12(18)7-6-8-13(15)19/h6-8H,2-5,9-10H2,1H3. The SMILES string of the molecule is Cc1onc(-c2c(Cl)cccc2Cl)c1C(=O)N1CCCCCC1. The predicted octanol–water partition coefficient (Wildman–Crippen LogP) is 4.97. The molecule has 0 N–H and O–H groups in total. The average molecular weight is 353 g/mol. The molecule has 1 aliphatic heterocycles. The van der Waals surface area contributed by atoms with E-state index < -0.39 is 0 Å². The predicted molar refractivity (Wildman–Crippen MR) is 91.1 cm³/mol. The van der Waals surface area contributed by atoms with Gasteiger partial charge in [-0.25, -0.2) is 0 Å². The van der Waals surface area contributed by atoms with E-state index in [1.165, 1.54) is 0 Å². The first-order valence-electron chi connectivity index (χ1n) is 7.79. The van der Waals surface area contributed by atoms with E-state index >= 15 is 0 Å². The number of amides is 1. The summed E-state index contributed by atoms with van der Waals surface area (Å²) in [7, 11) is 0. The van der Waals surface area contributed by atoms with Crippen molar-refractivity contribution in [2.75, 3.05) is 13.1 Å². The van der Waals surface area contributed by atoms with Crippen LogP contribution in [0.4, 0.5) is 0 Å². The molecule has 2 aromatic rings. The van der Waals surface area contributed by atoms with E-state index in [9.17, 15) is 4.79 Å². The van der Waals surface area contributed by atoms with Crippen LogP contribution in [-0.2, 0) is 0 Å². The fourth-order valence-corrected chi connectivity index (χ4v) is 3.53. The maximum absolute atomic E-state index is 13.0. The molecule has 2 heterocycles. The number of carbonyl (C=O) groups excluding carboxylic acids is 1. The van der Waals surface area contributed by atoms with Gasteiger partial charge in [0.1, 0.15) is 17.0 Å². The normalized spacial score (nSPS) is 15.5. The van der Waals surface area contributed by atoms with Crippen LogP contribution in [-0.4, -0.2) is 29.1 Å². The number of aromatic nitrogens is 1. The molecule has 0 unspecified atom stereocenters. The van der Waals surface area contributed by atoms with Gasteiger partial charge in [-0.3, -0.25) is 4.79 Å². The van der Waals surface area contributed by atoms with Crippen molar-refractivity contribution >= 4 is 29.1 Å². The van der Waals surface area contributed by atoms with E-state index in [0.717, 1.165) is 38.8 Å². The Labute approximate surface area is 145 Å². The summed E-state index contributed by atoms with van der Waals surface area (Å²) in [6.45, 7) is 3.27. The number of likely N-dealkylation sites (tertiary alicyclic amines) is 1. The lowest BCUT2D eigenvalue weighted by molar-refractivity contribution is 0.0760. The third kappa shape index (κ3) is 3.24. The van der Waals surface area contributed by atoms with Gasteiger partial charge in [0.05, 0.1) is 10.0 Å². The van der Waals surface area contributed by atoms with Crippen molar-refractivity contribution < 1.29 is 9.32 Å². The molecule has 1 aliphatic rings. The minimum atomic E-state index is -0.0587. The highest BCUT2D eigenvalue weighted by Crippen LogP contribution is 2.37. The first kappa shape index (κ1) is 16.3. The molecule has 0 aliphatic carbocycles. The molecule has 3 rings (SSSR count). The molecule has 6 heteroatoms. The first-order valence-corrected chi connectivity index (χ1v) is 8.55. The number of hydrogen-bond acceptors (Lipinski definition) is 3. The molecule has 0 bridgehead atoms. The summed E-state index contributed by atoms with van der Waals surface area (Å²) < 4.78 is 5.29. The van der Waals surface area contributed by atoms with E-state index in [4.69, 9.17) is 27.7 Å². The summed E-state index contributed by atoms with van der Waals surface area (Å²) in [6.07, 6.45) is 4.38. The van der Waals surface area contributed by atoms with Crippen molar-refractivity contribution in [3.8, 4) is 11.3 Å². The van der Waals surface area contributed by atoms with E-state index in [0.29, 0.717) is 32.6 Å². The first-order chi connectivity index (χ1) is 11.1. The molecule has 1 aromatic carbocycles. The number of benzene rings is 1. The Kier molecular flexibility index (Phi) is 4.93. The van der Waals surface area contributed by atoms with Crippen LogP contribution in [0.5, 0.6) is 0 Å². The highest BCUT2D eigenvalue weighted by molar-refractivity contribution is 6.39. The number of halogens is 2. The van der Waals surface area contributed by atoms with Crippen LogP contribution in [0, 0.1) is 6.92 Å². The zero-order chi connectivity index (χ0) is 16.4. The molecule has 4 nitrogen and oxygen atoms in total. The number of carbonyl (C=O) groups is 1. The Morgan fingerprint density at radius 3 is 2.35 bits per heavy atom. The number of hydrogen-bond donors (Lipinski definition) is 0. The highest BCUT2D eigenvalue weighted by atomic mass is 35.5. The van der Waals surface area contributed by atoms with Crippen molar-refractivity contribution in [3.05, 3.63) is 39.6 Å². The van der Waals surface area contributed by atoms with Crippen LogP contribution in [0.15, 0.2) is 22.7 Å². The van der Waals surface area contributed by atoms with Crippen LogP contribution >= 0.6 is 23.2 Å². The van der Waals surface area contributed by atoms with E-state index in [1.807, 2.05) is 4.90 Å². The molecular formula is C17H18Cl2N2O2. The topological polar surface area (TPSA) is 46.3 Å². The van der Waals surface area contributed by atoms with Crippen molar-refractivity contribution in [2.24, 2.45) is 0 Å². The minimum Gasteiger partial charge on any atom is -0.360 e. The lowest BCUT2D eigenvalue weighted by Gasteiger charge is -2.20. The van der Waals surface area contributed by atoms with Crippen LogP contribution < -0.4 is 0 Å². The van der Waals surface area contributed by atoms with Crippen molar-refractivity contribution in [3.63, 3.8) is 0 Å². The second-order valence-corrected chi connectivity index (χ2v) is 6.58. The third-order valence-corrected chi connectivity index (χ3v) is 4.80. The lowest BCUT2D eigenvalue weighted by Crippen LogP contribution is -2.32. The third-order valence-electron chi connectivity index (χ3n) is 4.17. The summed E-state index contributed by atoms with van der Waals surface area (Å²) in [4.78, 5) is 14.9. The Balaban J connectivity index is 2.03. The Hall–Kier alpha value is -1.52. The van der Waals surface area contributed by atoms with E-state index in [1.54, 1.807) is 25.1 Å². The van der Waals surface area contributed by atoms with Gasteiger partial charge in [-0.1, -0.05) is 47.3 Å². The van der Waals surface area contributed by atoms with Crippen LogP contribution in [0.3, 0.4) is 0 Å². The monoisotopic (exact) mass is 352 g/mol. The molecule has 0 saturated carbocycles. The minimum absolute atomic E-state index is 0.0587. The molecule has 0 radical (unpaired) electrons. The van der Waals surface area contributed by atoms with Crippen LogP contribution in [0.1, 0.15) is 41.8 Å². The van der Waals surface area contributed by atoms with Gasteiger partial charge in [0.25, 0.3) is 5.91 Å². The average Bonchev–Trinajstić information content (AvgIpc) is 2.75. The molecular weight excluding hydrogens is 335 g/mol. The van der Waals surface area contributed by atoms with Gasteiger partial charge in [0.2, 0.25) is 0 Å². The van der Waals surface area contributed by atoms with Crippen LogP contribution in [0.2, 0.25) is 10.0 Å². The summed E-state index contributed by atoms with van der Waals surface area (Å²) in [6, 6.07) is 5.22. The fraction of sp³-hybridized carbons (Fsp3) is 0.412. The van der Waals surface area contributed by atoms with Crippen molar-refractivity contribution in [2.45, 2.75) is 32.6 Å². The van der Waals surface area contributed by atoms with Crippen LogP contribution in [0.25, 0.3) is 11.3 Å². The zero-order valence-electron chi connectivity index (χ0n) is 12.9. The summed E-state index contributed by atoms with van der Waals surface area (Å²) in [5.74, 6) is 0.432. The summed E-state index contributed by atoms with van der Waals surface area (Å²) in [5.41, 5.74) is 1.43. The molecule has 1 amide bonds. The van der Waals surface area contributed by atoms with Gasteiger partial charge >= 0.3 is 0 Å². The highest BCUT2D eigenvalue weighted by Gasteiger charge is 2.28. The number of nitrogens with zero attached hydrogens (tertiary/aromatic N) is 2. The van der Waals surface area contributed by atoms with Gasteiger partial charge in [-0.15, -0.1) is 0 Å². The maximum atomic E-state index is 13.0. The molecule has 1 saturated heterocycles. The molecule has 0 spiro atoms. The molecule has 23 heavy (non-hydrogen) atoms. The van der Waals surface area contributed by atoms with E-state index in [-0.39, 0.29) is 5.91 Å². The summed E-state index contributed by atoms with van der Waals surface area (Å²) >= 11 is 12.5. The zero-order valence-corrected chi connectivity index (χ0v) is 14.5. The van der Waals surface area contributed by atoms with Gasteiger partial charge in [-0.2, -0.15) is 0 Å². The second kappa shape index (κ2) is 6.93. The quantitative estimate of drug-likeness (QED) is 0.766.